The highest BCUT2D eigenvalue weighted by Gasteiger charge is 2.26. The van der Waals surface area contributed by atoms with Crippen LogP contribution in [-0.4, -0.2) is 34.4 Å². The van der Waals surface area contributed by atoms with Crippen LogP contribution in [0.25, 0.3) is 0 Å². The molecule has 2 heterocycles. The van der Waals surface area contributed by atoms with E-state index in [-0.39, 0.29) is 11.3 Å². The summed E-state index contributed by atoms with van der Waals surface area (Å²) in [5.41, 5.74) is 0.353. The minimum Gasteiger partial charge on any atom is -0.364 e. The Hall–Kier alpha value is -1.03. The molecule has 0 aliphatic carbocycles. The van der Waals surface area contributed by atoms with Crippen LogP contribution >= 0.6 is 11.6 Å². The molecule has 2 rings (SSSR count). The van der Waals surface area contributed by atoms with Crippen LogP contribution in [0, 0.1) is 0 Å². The fourth-order valence-electron chi connectivity index (χ4n) is 1.39. The standard InChI is InChI=1S/C8H9ClN2O2/c9-6-1-3-11(5-6)8(12)7-2-4-13-10-7/h2,4,6H,1,3,5H2. The highest BCUT2D eigenvalue weighted by molar-refractivity contribution is 6.21. The second-order valence-corrected chi connectivity index (χ2v) is 3.64. The van der Waals surface area contributed by atoms with Gasteiger partial charge < -0.3 is 9.42 Å². The number of carbonyl (C=O) groups is 1. The van der Waals surface area contributed by atoms with Gasteiger partial charge in [0, 0.05) is 19.2 Å². The van der Waals surface area contributed by atoms with Crippen LogP contribution in [-0.2, 0) is 0 Å². The van der Waals surface area contributed by atoms with Gasteiger partial charge in [0.05, 0.1) is 5.38 Å². The number of rotatable bonds is 1. The van der Waals surface area contributed by atoms with Crippen molar-refractivity contribution in [2.75, 3.05) is 13.1 Å². The highest BCUT2D eigenvalue weighted by atomic mass is 35.5. The third kappa shape index (κ3) is 1.67. The SMILES string of the molecule is O=C(c1ccon1)N1CCC(Cl)C1. The van der Waals surface area contributed by atoms with Crippen LogP contribution in [0.3, 0.4) is 0 Å². The Bertz CT molecular complexity index is 299. The number of aromatic nitrogens is 1. The Morgan fingerprint density at radius 1 is 1.77 bits per heavy atom. The number of nitrogens with zero attached hydrogens (tertiary/aromatic N) is 2. The normalized spacial score (nSPS) is 22.2. The zero-order valence-corrected chi connectivity index (χ0v) is 7.70. The van der Waals surface area contributed by atoms with Gasteiger partial charge in [-0.3, -0.25) is 4.79 Å². The summed E-state index contributed by atoms with van der Waals surface area (Å²) in [4.78, 5) is 13.3. The van der Waals surface area contributed by atoms with E-state index in [2.05, 4.69) is 9.68 Å². The molecule has 0 bridgehead atoms. The summed E-state index contributed by atoms with van der Waals surface area (Å²) in [6, 6.07) is 1.56. The molecule has 1 saturated heterocycles. The Labute approximate surface area is 80.4 Å². The van der Waals surface area contributed by atoms with E-state index < -0.39 is 0 Å². The number of hydrogen-bond donors (Lipinski definition) is 0. The van der Waals surface area contributed by atoms with Gasteiger partial charge in [-0.25, -0.2) is 0 Å². The maximum atomic E-state index is 11.6. The van der Waals surface area contributed by atoms with Gasteiger partial charge in [0.25, 0.3) is 5.91 Å². The number of carbonyl (C=O) groups excluding carboxylic acids is 1. The fourth-order valence-corrected chi connectivity index (χ4v) is 1.65. The number of alkyl halides is 1. The van der Waals surface area contributed by atoms with Gasteiger partial charge >= 0.3 is 0 Å². The van der Waals surface area contributed by atoms with Crippen LogP contribution in [0.1, 0.15) is 16.9 Å². The Balaban J connectivity index is 2.06. The van der Waals surface area contributed by atoms with E-state index in [1.54, 1.807) is 11.0 Å². The number of halogens is 1. The van der Waals surface area contributed by atoms with Gasteiger partial charge in [-0.1, -0.05) is 5.16 Å². The molecule has 4 nitrogen and oxygen atoms in total. The first kappa shape index (κ1) is 8.56. The summed E-state index contributed by atoms with van der Waals surface area (Å²) < 4.78 is 4.59. The number of amides is 1. The molecule has 13 heavy (non-hydrogen) atoms. The largest absolute Gasteiger partial charge is 0.364 e. The van der Waals surface area contributed by atoms with Gasteiger partial charge in [-0.15, -0.1) is 11.6 Å². The summed E-state index contributed by atoms with van der Waals surface area (Å²) in [6.07, 6.45) is 2.24. The molecule has 1 atom stereocenters. The average molecular weight is 201 g/mol. The van der Waals surface area contributed by atoms with E-state index in [1.165, 1.54) is 6.26 Å². The molecule has 0 radical (unpaired) electrons. The van der Waals surface area contributed by atoms with Crippen molar-refractivity contribution >= 4 is 17.5 Å². The van der Waals surface area contributed by atoms with Gasteiger partial charge in [0.1, 0.15) is 6.26 Å². The highest BCUT2D eigenvalue weighted by Crippen LogP contribution is 2.16. The van der Waals surface area contributed by atoms with Gasteiger partial charge in [-0.2, -0.15) is 0 Å². The van der Waals surface area contributed by atoms with Crippen molar-refractivity contribution in [3.05, 3.63) is 18.0 Å². The van der Waals surface area contributed by atoms with Crippen LogP contribution in [0.2, 0.25) is 0 Å². The Kier molecular flexibility index (Phi) is 2.22. The van der Waals surface area contributed by atoms with Crippen molar-refractivity contribution in [2.45, 2.75) is 11.8 Å². The van der Waals surface area contributed by atoms with Crippen molar-refractivity contribution in [1.82, 2.24) is 10.1 Å². The maximum absolute atomic E-state index is 11.6. The molecule has 1 aliphatic heterocycles. The van der Waals surface area contributed by atoms with E-state index in [0.717, 1.165) is 6.42 Å². The first-order valence-electron chi connectivity index (χ1n) is 4.11. The van der Waals surface area contributed by atoms with E-state index >= 15 is 0 Å². The van der Waals surface area contributed by atoms with Crippen LogP contribution in [0.5, 0.6) is 0 Å². The monoisotopic (exact) mass is 200 g/mol. The zero-order chi connectivity index (χ0) is 9.26. The van der Waals surface area contributed by atoms with Crippen LogP contribution in [0.4, 0.5) is 0 Å². The number of hydrogen-bond acceptors (Lipinski definition) is 3. The molecule has 1 aliphatic rings. The van der Waals surface area contributed by atoms with Gasteiger partial charge in [0.15, 0.2) is 5.69 Å². The first-order valence-corrected chi connectivity index (χ1v) is 4.55. The van der Waals surface area contributed by atoms with E-state index in [9.17, 15) is 4.79 Å². The van der Waals surface area contributed by atoms with Crippen molar-refractivity contribution in [3.8, 4) is 0 Å². The predicted octanol–water partition coefficient (Wildman–Crippen LogP) is 1.13. The molecule has 0 spiro atoms. The van der Waals surface area contributed by atoms with Crippen molar-refractivity contribution < 1.29 is 9.32 Å². The molecule has 1 amide bonds. The van der Waals surface area contributed by atoms with E-state index in [1.807, 2.05) is 0 Å². The third-order valence-electron chi connectivity index (χ3n) is 2.07. The maximum Gasteiger partial charge on any atom is 0.276 e. The third-order valence-corrected chi connectivity index (χ3v) is 2.43. The lowest BCUT2D eigenvalue weighted by atomic mass is 10.4. The molecule has 0 N–H and O–H groups in total. The summed E-state index contributed by atoms with van der Waals surface area (Å²) in [6.45, 7) is 1.31. The van der Waals surface area contributed by atoms with Crippen LogP contribution < -0.4 is 0 Å². The molecule has 70 valence electrons. The molecular formula is C8H9ClN2O2. The minimum atomic E-state index is -0.100. The van der Waals surface area contributed by atoms with E-state index in [4.69, 9.17) is 11.6 Å². The lowest BCUT2D eigenvalue weighted by Gasteiger charge is -2.12. The summed E-state index contributed by atoms with van der Waals surface area (Å²) in [5, 5.41) is 3.66. The molecular weight excluding hydrogens is 192 g/mol. The van der Waals surface area contributed by atoms with Crippen molar-refractivity contribution in [1.29, 1.82) is 0 Å². The molecule has 0 saturated carbocycles. The van der Waals surface area contributed by atoms with Crippen molar-refractivity contribution in [3.63, 3.8) is 0 Å². The second kappa shape index (κ2) is 3.38. The summed E-state index contributed by atoms with van der Waals surface area (Å²) in [7, 11) is 0. The summed E-state index contributed by atoms with van der Waals surface area (Å²) in [5.74, 6) is -0.100. The second-order valence-electron chi connectivity index (χ2n) is 3.02. The Morgan fingerprint density at radius 2 is 2.62 bits per heavy atom. The smallest absolute Gasteiger partial charge is 0.276 e. The lowest BCUT2D eigenvalue weighted by Crippen LogP contribution is -2.28. The predicted molar refractivity (Wildman–Crippen MR) is 46.7 cm³/mol. The topological polar surface area (TPSA) is 46.3 Å². The summed E-state index contributed by atoms with van der Waals surface area (Å²) >= 11 is 5.87. The quantitative estimate of drug-likeness (QED) is 0.639. The molecule has 5 heteroatoms. The van der Waals surface area contributed by atoms with E-state index in [0.29, 0.717) is 18.8 Å². The molecule has 0 aromatic carbocycles. The van der Waals surface area contributed by atoms with Gasteiger partial charge in [0.2, 0.25) is 0 Å². The molecule has 1 aromatic rings. The van der Waals surface area contributed by atoms with Crippen molar-refractivity contribution in [2.24, 2.45) is 0 Å². The zero-order valence-electron chi connectivity index (χ0n) is 6.94. The first-order chi connectivity index (χ1) is 6.27. The fraction of sp³-hybridized carbons (Fsp3) is 0.500. The average Bonchev–Trinajstić information content (AvgIpc) is 2.72. The molecule has 1 fully saturated rings. The molecule has 1 aromatic heterocycles. The minimum absolute atomic E-state index is 0.0795. The van der Waals surface area contributed by atoms with Gasteiger partial charge in [-0.05, 0) is 6.42 Å². The number of likely N-dealkylation sites (tertiary alicyclic amines) is 1. The molecule has 1 unspecified atom stereocenters. The Morgan fingerprint density at radius 3 is 3.15 bits per heavy atom. The lowest BCUT2D eigenvalue weighted by molar-refractivity contribution is 0.0783. The van der Waals surface area contributed by atoms with Crippen LogP contribution in [0.15, 0.2) is 16.9 Å².